The van der Waals surface area contributed by atoms with Crippen molar-refractivity contribution in [2.45, 2.75) is 0 Å². The molecule has 1 N–H and O–H groups in total. The van der Waals surface area contributed by atoms with E-state index in [1.807, 2.05) is 42.5 Å². The molecule has 1 aliphatic rings. The first-order valence-electron chi connectivity index (χ1n) is 4.72. The minimum absolute atomic E-state index is 0.118. The summed E-state index contributed by atoms with van der Waals surface area (Å²) in [5, 5.41) is 2.57. The van der Waals surface area contributed by atoms with Gasteiger partial charge in [-0.2, -0.15) is 0 Å². The molecule has 1 aromatic carbocycles. The van der Waals surface area contributed by atoms with Gasteiger partial charge < -0.3 is 5.32 Å². The summed E-state index contributed by atoms with van der Waals surface area (Å²) < 4.78 is 0.518. The van der Waals surface area contributed by atoms with Crippen molar-refractivity contribution in [2.75, 3.05) is 0 Å². The van der Waals surface area contributed by atoms with Crippen molar-refractivity contribution in [3.63, 3.8) is 0 Å². The molecule has 1 aromatic rings. The molecular weight excluding hydrogens is 238 g/mol. The molecule has 2 nitrogen and oxygen atoms in total. The summed E-state index contributed by atoms with van der Waals surface area (Å²) in [5.41, 5.74) is 1.10. The van der Waals surface area contributed by atoms with Crippen molar-refractivity contribution in [1.29, 1.82) is 0 Å². The van der Waals surface area contributed by atoms with Crippen LogP contribution in [-0.4, -0.2) is 10.2 Å². The molecule has 1 aliphatic heterocycles. The first-order chi connectivity index (χ1) is 7.75. The highest BCUT2D eigenvalue weighted by Crippen LogP contribution is 2.23. The lowest BCUT2D eigenvalue weighted by Gasteiger charge is -1.89. The average molecular weight is 247 g/mol. The van der Waals surface area contributed by atoms with Gasteiger partial charge in [-0.3, -0.25) is 4.79 Å². The second-order valence-electron chi connectivity index (χ2n) is 3.14. The van der Waals surface area contributed by atoms with E-state index in [1.54, 1.807) is 6.08 Å². The first kappa shape index (κ1) is 11.1. The molecule has 0 unspecified atom stereocenters. The van der Waals surface area contributed by atoms with E-state index in [0.717, 1.165) is 5.56 Å². The highest BCUT2D eigenvalue weighted by atomic mass is 32.2. The SMILES string of the molecule is O=C1NC(=S)S/C1=C/C=C/c1ccccc1. The summed E-state index contributed by atoms with van der Waals surface area (Å²) in [7, 11) is 0. The van der Waals surface area contributed by atoms with E-state index in [4.69, 9.17) is 12.2 Å². The number of amides is 1. The van der Waals surface area contributed by atoms with E-state index < -0.39 is 0 Å². The third kappa shape index (κ3) is 2.81. The molecule has 1 heterocycles. The van der Waals surface area contributed by atoms with Gasteiger partial charge in [-0.25, -0.2) is 0 Å². The smallest absolute Gasteiger partial charge is 0.263 e. The van der Waals surface area contributed by atoms with E-state index in [0.29, 0.717) is 9.23 Å². The first-order valence-corrected chi connectivity index (χ1v) is 5.95. The van der Waals surface area contributed by atoms with Gasteiger partial charge in [0, 0.05) is 0 Å². The Kier molecular flexibility index (Phi) is 3.54. The molecule has 1 amide bonds. The molecule has 0 atom stereocenters. The van der Waals surface area contributed by atoms with Crippen molar-refractivity contribution in [3.05, 3.63) is 53.0 Å². The topological polar surface area (TPSA) is 29.1 Å². The van der Waals surface area contributed by atoms with Crippen LogP contribution in [0.3, 0.4) is 0 Å². The van der Waals surface area contributed by atoms with Crippen LogP contribution in [0.1, 0.15) is 5.56 Å². The summed E-state index contributed by atoms with van der Waals surface area (Å²) in [6.45, 7) is 0. The highest BCUT2D eigenvalue weighted by molar-refractivity contribution is 8.26. The Bertz CT molecular complexity index is 477. The number of hydrogen-bond donors (Lipinski definition) is 1. The number of hydrogen-bond acceptors (Lipinski definition) is 3. The van der Waals surface area contributed by atoms with E-state index in [9.17, 15) is 4.79 Å². The Morgan fingerprint density at radius 1 is 1.25 bits per heavy atom. The number of carbonyl (C=O) groups is 1. The summed E-state index contributed by atoms with van der Waals surface area (Å²) in [6.07, 6.45) is 5.57. The normalized spacial score (nSPS) is 18.4. The fourth-order valence-corrected chi connectivity index (χ4v) is 2.24. The van der Waals surface area contributed by atoms with Crippen LogP contribution in [0.25, 0.3) is 6.08 Å². The Hall–Kier alpha value is -1.39. The fraction of sp³-hybridized carbons (Fsp3) is 0. The van der Waals surface area contributed by atoms with Crippen molar-refractivity contribution in [1.82, 2.24) is 5.32 Å². The minimum Gasteiger partial charge on any atom is -0.307 e. The number of rotatable bonds is 2. The Morgan fingerprint density at radius 3 is 2.62 bits per heavy atom. The predicted octanol–water partition coefficient (Wildman–Crippen LogP) is 2.73. The fourth-order valence-electron chi connectivity index (χ4n) is 1.25. The lowest BCUT2D eigenvalue weighted by Crippen LogP contribution is -2.17. The molecule has 1 fully saturated rings. The summed E-state index contributed by atoms with van der Waals surface area (Å²) >= 11 is 6.17. The van der Waals surface area contributed by atoms with Gasteiger partial charge in [0.2, 0.25) is 0 Å². The van der Waals surface area contributed by atoms with Crippen LogP contribution >= 0.6 is 24.0 Å². The number of benzene rings is 1. The second-order valence-corrected chi connectivity index (χ2v) is 4.86. The van der Waals surface area contributed by atoms with Crippen LogP contribution in [-0.2, 0) is 4.79 Å². The molecule has 1 saturated heterocycles. The molecule has 0 aromatic heterocycles. The number of thioether (sulfide) groups is 1. The van der Waals surface area contributed by atoms with Crippen molar-refractivity contribution in [3.8, 4) is 0 Å². The Balaban J connectivity index is 2.07. The van der Waals surface area contributed by atoms with Gasteiger partial charge in [0.05, 0.1) is 4.91 Å². The maximum absolute atomic E-state index is 11.3. The molecule has 0 spiro atoms. The maximum atomic E-state index is 11.3. The number of nitrogens with one attached hydrogen (secondary N) is 1. The molecule has 2 rings (SSSR count). The van der Waals surface area contributed by atoms with E-state index in [-0.39, 0.29) is 5.91 Å². The van der Waals surface area contributed by atoms with Crippen LogP contribution in [0.5, 0.6) is 0 Å². The van der Waals surface area contributed by atoms with Crippen molar-refractivity contribution >= 4 is 40.3 Å². The van der Waals surface area contributed by atoms with Gasteiger partial charge in [0.25, 0.3) is 5.91 Å². The lowest BCUT2D eigenvalue weighted by molar-refractivity contribution is -0.115. The third-order valence-corrected chi connectivity index (χ3v) is 3.16. The van der Waals surface area contributed by atoms with Gasteiger partial charge in [-0.05, 0) is 11.6 Å². The van der Waals surface area contributed by atoms with Gasteiger partial charge in [0.15, 0.2) is 0 Å². The highest BCUT2D eigenvalue weighted by Gasteiger charge is 2.20. The lowest BCUT2D eigenvalue weighted by atomic mass is 10.2. The van der Waals surface area contributed by atoms with Crippen molar-refractivity contribution < 1.29 is 4.79 Å². The molecular formula is C12H9NOS2. The van der Waals surface area contributed by atoms with E-state index in [1.165, 1.54) is 11.8 Å². The largest absolute Gasteiger partial charge is 0.307 e. The minimum atomic E-state index is -0.118. The van der Waals surface area contributed by atoms with Gasteiger partial charge in [-0.15, -0.1) is 0 Å². The molecule has 4 heteroatoms. The van der Waals surface area contributed by atoms with Crippen LogP contribution in [0.2, 0.25) is 0 Å². The monoisotopic (exact) mass is 247 g/mol. The molecule has 80 valence electrons. The molecule has 0 bridgehead atoms. The van der Waals surface area contributed by atoms with Gasteiger partial charge >= 0.3 is 0 Å². The van der Waals surface area contributed by atoms with Crippen LogP contribution in [0, 0.1) is 0 Å². The molecule has 0 radical (unpaired) electrons. The summed E-state index contributed by atoms with van der Waals surface area (Å²) in [5.74, 6) is -0.118. The maximum Gasteiger partial charge on any atom is 0.263 e. The zero-order chi connectivity index (χ0) is 11.4. The third-order valence-electron chi connectivity index (χ3n) is 1.98. The zero-order valence-corrected chi connectivity index (χ0v) is 9.98. The van der Waals surface area contributed by atoms with Crippen LogP contribution < -0.4 is 5.32 Å². The van der Waals surface area contributed by atoms with E-state index in [2.05, 4.69) is 5.32 Å². The molecule has 0 saturated carbocycles. The zero-order valence-electron chi connectivity index (χ0n) is 8.34. The van der Waals surface area contributed by atoms with Crippen LogP contribution in [0.15, 0.2) is 47.4 Å². The summed E-state index contributed by atoms with van der Waals surface area (Å²) in [4.78, 5) is 11.9. The van der Waals surface area contributed by atoms with Gasteiger partial charge in [0.1, 0.15) is 4.32 Å². The Labute approximate surface area is 103 Å². The average Bonchev–Trinajstić information content (AvgIpc) is 2.59. The van der Waals surface area contributed by atoms with Crippen molar-refractivity contribution in [2.24, 2.45) is 0 Å². The van der Waals surface area contributed by atoms with Gasteiger partial charge in [-0.1, -0.05) is 66.5 Å². The predicted molar refractivity (Wildman–Crippen MR) is 71.9 cm³/mol. The molecule has 16 heavy (non-hydrogen) atoms. The quantitative estimate of drug-likeness (QED) is 0.643. The number of thiocarbonyl (C=S) groups is 1. The number of allylic oxidation sites excluding steroid dienone is 2. The number of carbonyl (C=O) groups excluding carboxylic acids is 1. The Morgan fingerprint density at radius 2 is 2.00 bits per heavy atom. The van der Waals surface area contributed by atoms with Crippen LogP contribution in [0.4, 0.5) is 0 Å². The standard InChI is InChI=1S/C12H9NOS2/c14-11-10(16-12(15)13-11)8-4-7-9-5-2-1-3-6-9/h1-8H,(H,13,14,15)/b7-4+,10-8+. The summed E-state index contributed by atoms with van der Waals surface area (Å²) in [6, 6.07) is 9.91. The van der Waals surface area contributed by atoms with E-state index >= 15 is 0 Å². The second kappa shape index (κ2) is 5.09. The molecule has 0 aliphatic carbocycles.